The van der Waals surface area contributed by atoms with Crippen LogP contribution in [0, 0.1) is 0 Å². The third kappa shape index (κ3) is 4.80. The third-order valence-electron chi connectivity index (χ3n) is 5.80. The van der Waals surface area contributed by atoms with Gasteiger partial charge < -0.3 is 4.98 Å². The molecule has 5 rings (SSSR count). The van der Waals surface area contributed by atoms with Crippen molar-refractivity contribution in [2.75, 3.05) is 6.54 Å². The van der Waals surface area contributed by atoms with Gasteiger partial charge in [0.15, 0.2) is 0 Å². The van der Waals surface area contributed by atoms with Crippen molar-refractivity contribution in [3.05, 3.63) is 97.7 Å². The molecular formula is C25H19ClF3N3OS. The highest BCUT2D eigenvalue weighted by molar-refractivity contribution is 7.15. The molecule has 0 unspecified atom stereocenters. The number of halogens is 4. The van der Waals surface area contributed by atoms with Gasteiger partial charge in [0.05, 0.1) is 16.8 Å². The Kier molecular flexibility index (Phi) is 6.06. The van der Waals surface area contributed by atoms with Crippen molar-refractivity contribution in [2.45, 2.75) is 25.7 Å². The first-order valence-electron chi connectivity index (χ1n) is 10.6. The molecule has 0 fully saturated rings. The maximum absolute atomic E-state index is 12.8. The van der Waals surface area contributed by atoms with E-state index in [1.807, 2.05) is 24.3 Å². The minimum absolute atomic E-state index is 0.142. The number of hydrogen-bond donors (Lipinski definition) is 1. The zero-order chi connectivity index (χ0) is 23.9. The average molecular weight is 502 g/mol. The first kappa shape index (κ1) is 22.8. The van der Waals surface area contributed by atoms with Gasteiger partial charge in [0.1, 0.15) is 5.82 Å². The van der Waals surface area contributed by atoms with Gasteiger partial charge in [-0.2, -0.15) is 13.2 Å². The van der Waals surface area contributed by atoms with Crippen LogP contribution >= 0.6 is 22.9 Å². The molecule has 1 aliphatic rings. The maximum atomic E-state index is 12.8. The summed E-state index contributed by atoms with van der Waals surface area (Å²) in [6.45, 7) is 1.91. The average Bonchev–Trinajstić information content (AvgIpc) is 3.28. The lowest BCUT2D eigenvalue weighted by atomic mass is 10.1. The quantitative estimate of drug-likeness (QED) is 0.352. The molecule has 34 heavy (non-hydrogen) atoms. The van der Waals surface area contributed by atoms with Crippen LogP contribution in [0.2, 0.25) is 5.02 Å². The number of alkyl halides is 3. The van der Waals surface area contributed by atoms with Gasteiger partial charge in [0.25, 0.3) is 5.56 Å². The van der Waals surface area contributed by atoms with Crippen molar-refractivity contribution >= 4 is 22.9 Å². The SMILES string of the molecule is O=c1[nH]c(-c2ccc(Cl)cc2)nc2c1CN(Cc1ccc(-c3ccc(C(F)(F)F)cc3)s1)CC2. The highest BCUT2D eigenvalue weighted by Crippen LogP contribution is 2.34. The zero-order valence-corrected chi connectivity index (χ0v) is 19.4. The summed E-state index contributed by atoms with van der Waals surface area (Å²) in [5.74, 6) is 0.535. The summed E-state index contributed by atoms with van der Waals surface area (Å²) in [6.07, 6.45) is -3.68. The lowest BCUT2D eigenvalue weighted by Crippen LogP contribution is -2.35. The van der Waals surface area contributed by atoms with Crippen molar-refractivity contribution in [1.29, 1.82) is 0 Å². The number of rotatable bonds is 4. The fraction of sp³-hybridized carbons (Fsp3) is 0.200. The molecule has 0 radical (unpaired) electrons. The molecule has 0 amide bonds. The largest absolute Gasteiger partial charge is 0.416 e. The van der Waals surface area contributed by atoms with Crippen LogP contribution in [0.15, 0.2) is 65.5 Å². The first-order valence-corrected chi connectivity index (χ1v) is 11.8. The molecule has 0 atom stereocenters. The van der Waals surface area contributed by atoms with E-state index in [2.05, 4.69) is 14.9 Å². The Morgan fingerprint density at radius 3 is 2.41 bits per heavy atom. The molecule has 0 saturated carbocycles. The minimum Gasteiger partial charge on any atom is -0.306 e. The van der Waals surface area contributed by atoms with Crippen LogP contribution in [0.4, 0.5) is 13.2 Å². The molecule has 1 aliphatic heterocycles. The van der Waals surface area contributed by atoms with Gasteiger partial charge in [0.2, 0.25) is 0 Å². The molecule has 0 bridgehead atoms. The summed E-state index contributed by atoms with van der Waals surface area (Å²) >= 11 is 7.49. The van der Waals surface area contributed by atoms with E-state index in [1.165, 1.54) is 12.1 Å². The number of benzene rings is 2. The summed E-state index contributed by atoms with van der Waals surface area (Å²) in [5, 5.41) is 0.620. The Bertz CT molecular complexity index is 1380. The van der Waals surface area contributed by atoms with Crippen LogP contribution < -0.4 is 5.56 Å². The van der Waals surface area contributed by atoms with Crippen LogP contribution in [0.1, 0.15) is 21.7 Å². The monoisotopic (exact) mass is 501 g/mol. The summed E-state index contributed by atoms with van der Waals surface area (Å²) in [4.78, 5) is 24.5. The molecule has 2 aromatic carbocycles. The van der Waals surface area contributed by atoms with Crippen molar-refractivity contribution in [2.24, 2.45) is 0 Å². The maximum Gasteiger partial charge on any atom is 0.416 e. The van der Waals surface area contributed by atoms with E-state index in [0.717, 1.165) is 45.3 Å². The topological polar surface area (TPSA) is 49.0 Å². The normalized spacial score (nSPS) is 14.2. The van der Waals surface area contributed by atoms with Crippen LogP contribution in [-0.2, 0) is 25.7 Å². The van der Waals surface area contributed by atoms with Gasteiger partial charge in [-0.3, -0.25) is 9.69 Å². The Morgan fingerprint density at radius 1 is 1.00 bits per heavy atom. The number of H-pyrrole nitrogens is 1. The highest BCUT2D eigenvalue weighted by Gasteiger charge is 2.30. The molecule has 0 spiro atoms. The van der Waals surface area contributed by atoms with Gasteiger partial charge >= 0.3 is 6.18 Å². The lowest BCUT2D eigenvalue weighted by molar-refractivity contribution is -0.137. The van der Waals surface area contributed by atoms with E-state index in [1.54, 1.807) is 23.5 Å². The summed E-state index contributed by atoms with van der Waals surface area (Å²) in [6, 6.07) is 16.3. The van der Waals surface area contributed by atoms with Gasteiger partial charge in [-0.15, -0.1) is 11.3 Å². The molecule has 4 aromatic rings. The van der Waals surface area contributed by atoms with E-state index in [9.17, 15) is 18.0 Å². The van der Waals surface area contributed by atoms with Gasteiger partial charge in [-0.25, -0.2) is 4.98 Å². The molecule has 0 saturated heterocycles. The van der Waals surface area contributed by atoms with Crippen LogP contribution in [0.5, 0.6) is 0 Å². The minimum atomic E-state index is -4.34. The number of nitrogens with one attached hydrogen (secondary N) is 1. The number of aromatic amines is 1. The highest BCUT2D eigenvalue weighted by atomic mass is 35.5. The molecule has 3 heterocycles. The second-order valence-electron chi connectivity index (χ2n) is 8.15. The Morgan fingerprint density at radius 2 is 1.71 bits per heavy atom. The van der Waals surface area contributed by atoms with Crippen molar-refractivity contribution < 1.29 is 13.2 Å². The predicted molar refractivity (Wildman–Crippen MR) is 128 cm³/mol. The van der Waals surface area contributed by atoms with Gasteiger partial charge in [0, 0.05) is 46.4 Å². The summed E-state index contributed by atoms with van der Waals surface area (Å²) in [5.41, 5.74) is 2.24. The second kappa shape index (κ2) is 9.02. The van der Waals surface area contributed by atoms with E-state index in [4.69, 9.17) is 11.6 Å². The van der Waals surface area contributed by atoms with Gasteiger partial charge in [-0.1, -0.05) is 23.7 Å². The third-order valence-corrected chi connectivity index (χ3v) is 7.17. The fourth-order valence-electron chi connectivity index (χ4n) is 4.02. The van der Waals surface area contributed by atoms with Crippen molar-refractivity contribution in [3.8, 4) is 21.8 Å². The number of aromatic nitrogens is 2. The van der Waals surface area contributed by atoms with E-state index in [-0.39, 0.29) is 5.56 Å². The number of hydrogen-bond acceptors (Lipinski definition) is 4. The fourth-order valence-corrected chi connectivity index (χ4v) is 5.20. The number of nitrogens with zero attached hydrogens (tertiary/aromatic N) is 2. The van der Waals surface area contributed by atoms with Crippen LogP contribution in [-0.4, -0.2) is 21.4 Å². The smallest absolute Gasteiger partial charge is 0.306 e. The Hall–Kier alpha value is -2.94. The molecule has 4 nitrogen and oxygen atoms in total. The molecule has 174 valence electrons. The lowest BCUT2D eigenvalue weighted by Gasteiger charge is -2.27. The van der Waals surface area contributed by atoms with E-state index < -0.39 is 11.7 Å². The van der Waals surface area contributed by atoms with Crippen LogP contribution in [0.25, 0.3) is 21.8 Å². The standard InChI is InChI=1S/C25H19ClF3N3OS/c26-18-7-3-16(4-8-18)23-30-21-11-12-32(14-20(21)24(33)31-23)13-19-9-10-22(34-19)15-1-5-17(6-2-15)25(27,28)29/h1-10H,11-14H2,(H,30,31,33). The van der Waals surface area contributed by atoms with Crippen molar-refractivity contribution in [3.63, 3.8) is 0 Å². The Balaban J connectivity index is 1.30. The van der Waals surface area contributed by atoms with E-state index in [0.29, 0.717) is 35.9 Å². The summed E-state index contributed by atoms with van der Waals surface area (Å²) in [7, 11) is 0. The molecular weight excluding hydrogens is 483 g/mol. The molecule has 0 aliphatic carbocycles. The number of thiophene rings is 1. The second-order valence-corrected chi connectivity index (χ2v) is 9.75. The first-order chi connectivity index (χ1) is 16.3. The molecule has 1 N–H and O–H groups in total. The Labute approximate surface area is 202 Å². The zero-order valence-electron chi connectivity index (χ0n) is 17.8. The van der Waals surface area contributed by atoms with Crippen molar-refractivity contribution in [1.82, 2.24) is 14.9 Å². The molecule has 9 heteroatoms. The van der Waals surface area contributed by atoms with Gasteiger partial charge in [-0.05, 0) is 54.1 Å². The number of fused-ring (bicyclic) bond motifs is 1. The predicted octanol–water partition coefficient (Wildman–Crippen LogP) is 6.40. The molecule has 2 aromatic heterocycles. The summed E-state index contributed by atoms with van der Waals surface area (Å²) < 4.78 is 38.4. The van der Waals surface area contributed by atoms with Crippen LogP contribution in [0.3, 0.4) is 0 Å². The van der Waals surface area contributed by atoms with E-state index >= 15 is 0 Å².